The molecule has 2 aromatic rings. The van der Waals surface area contributed by atoms with Crippen LogP contribution in [0, 0.1) is 11.6 Å². The molecule has 0 aliphatic carbocycles. The van der Waals surface area contributed by atoms with Crippen molar-refractivity contribution >= 4 is 11.6 Å². The van der Waals surface area contributed by atoms with E-state index >= 15 is 0 Å². The van der Waals surface area contributed by atoms with Crippen LogP contribution in [0.1, 0.15) is 22.8 Å². The van der Waals surface area contributed by atoms with Crippen molar-refractivity contribution in [2.24, 2.45) is 5.10 Å². The lowest BCUT2D eigenvalue weighted by molar-refractivity contribution is 0.0954. The highest BCUT2D eigenvalue weighted by molar-refractivity contribution is 6.00. The molecule has 0 bridgehead atoms. The molecule has 0 unspecified atom stereocenters. The average molecular weight is 275 g/mol. The summed E-state index contributed by atoms with van der Waals surface area (Å²) in [6, 6.07) is 6.62. The van der Waals surface area contributed by atoms with Crippen LogP contribution in [0.25, 0.3) is 0 Å². The third-order valence-electron chi connectivity index (χ3n) is 2.59. The highest BCUT2D eigenvalue weighted by atomic mass is 19.2. The summed E-state index contributed by atoms with van der Waals surface area (Å²) < 4.78 is 25.9. The van der Waals surface area contributed by atoms with Crippen LogP contribution in [0.4, 0.5) is 8.78 Å². The van der Waals surface area contributed by atoms with Gasteiger partial charge in [-0.25, -0.2) is 14.2 Å². The van der Waals surface area contributed by atoms with Gasteiger partial charge in [0.15, 0.2) is 11.6 Å². The van der Waals surface area contributed by atoms with E-state index in [9.17, 15) is 13.6 Å². The molecular weight excluding hydrogens is 264 g/mol. The van der Waals surface area contributed by atoms with Crippen molar-refractivity contribution in [1.82, 2.24) is 10.4 Å². The maximum atomic E-state index is 13.1. The van der Waals surface area contributed by atoms with Gasteiger partial charge in [-0.2, -0.15) is 5.10 Å². The molecule has 0 aliphatic rings. The van der Waals surface area contributed by atoms with E-state index in [1.54, 1.807) is 25.3 Å². The Labute approximate surface area is 114 Å². The zero-order valence-electron chi connectivity index (χ0n) is 10.6. The molecule has 1 amide bonds. The first-order valence-electron chi connectivity index (χ1n) is 5.78. The molecular formula is C14H11F2N3O. The summed E-state index contributed by atoms with van der Waals surface area (Å²) in [7, 11) is 0. The summed E-state index contributed by atoms with van der Waals surface area (Å²) in [6.07, 6.45) is 2.95. The van der Waals surface area contributed by atoms with E-state index in [4.69, 9.17) is 0 Å². The Bertz CT molecular complexity index is 657. The second-order valence-electron chi connectivity index (χ2n) is 4.01. The zero-order chi connectivity index (χ0) is 14.5. The average Bonchev–Trinajstić information content (AvgIpc) is 2.48. The van der Waals surface area contributed by atoms with E-state index in [-0.39, 0.29) is 0 Å². The molecule has 1 aromatic heterocycles. The Morgan fingerprint density at radius 2 is 2.00 bits per heavy atom. The van der Waals surface area contributed by atoms with Crippen LogP contribution in [-0.2, 0) is 0 Å². The third kappa shape index (κ3) is 3.23. The predicted molar refractivity (Wildman–Crippen MR) is 70.3 cm³/mol. The number of hydrogen-bond donors (Lipinski definition) is 1. The molecule has 1 N–H and O–H groups in total. The van der Waals surface area contributed by atoms with Gasteiger partial charge < -0.3 is 0 Å². The minimum Gasteiger partial charge on any atom is -0.267 e. The van der Waals surface area contributed by atoms with Gasteiger partial charge in [0.05, 0.1) is 11.3 Å². The van der Waals surface area contributed by atoms with Gasteiger partial charge in [-0.05, 0) is 37.3 Å². The fraction of sp³-hybridized carbons (Fsp3) is 0.0714. The second-order valence-corrected chi connectivity index (χ2v) is 4.01. The number of pyridine rings is 1. The lowest BCUT2D eigenvalue weighted by Crippen LogP contribution is -2.19. The summed E-state index contributed by atoms with van der Waals surface area (Å²) in [5.41, 5.74) is 3.43. The number of amides is 1. The van der Waals surface area contributed by atoms with Gasteiger partial charge in [0.1, 0.15) is 0 Å². The molecule has 102 valence electrons. The Morgan fingerprint density at radius 3 is 2.65 bits per heavy atom. The van der Waals surface area contributed by atoms with E-state index < -0.39 is 17.5 Å². The van der Waals surface area contributed by atoms with Crippen molar-refractivity contribution in [3.63, 3.8) is 0 Å². The van der Waals surface area contributed by atoms with Crippen LogP contribution in [0.5, 0.6) is 0 Å². The van der Waals surface area contributed by atoms with Gasteiger partial charge in [0.25, 0.3) is 5.91 Å². The highest BCUT2D eigenvalue weighted by Crippen LogP contribution is 2.09. The standard InChI is InChI=1S/C14H11F2N3O/c1-9(10-4-5-12(15)13(16)7-10)18-19-14(20)11-3-2-6-17-8-11/h2-8H,1H3,(H,19,20)/b18-9-. The quantitative estimate of drug-likeness (QED) is 0.691. The summed E-state index contributed by atoms with van der Waals surface area (Å²) >= 11 is 0. The van der Waals surface area contributed by atoms with Crippen LogP contribution < -0.4 is 5.43 Å². The lowest BCUT2D eigenvalue weighted by Gasteiger charge is -2.03. The monoisotopic (exact) mass is 275 g/mol. The van der Waals surface area contributed by atoms with Crippen molar-refractivity contribution in [2.75, 3.05) is 0 Å². The number of carbonyl (C=O) groups is 1. The van der Waals surface area contributed by atoms with Crippen molar-refractivity contribution in [2.45, 2.75) is 6.92 Å². The number of aromatic nitrogens is 1. The Balaban J connectivity index is 2.11. The minimum atomic E-state index is -0.962. The molecule has 4 nitrogen and oxygen atoms in total. The zero-order valence-corrected chi connectivity index (χ0v) is 10.6. The van der Waals surface area contributed by atoms with Gasteiger partial charge in [0.2, 0.25) is 0 Å². The van der Waals surface area contributed by atoms with Gasteiger partial charge in [-0.3, -0.25) is 9.78 Å². The van der Waals surface area contributed by atoms with Crippen molar-refractivity contribution < 1.29 is 13.6 Å². The lowest BCUT2D eigenvalue weighted by atomic mass is 10.1. The molecule has 0 fully saturated rings. The molecule has 0 saturated heterocycles. The summed E-state index contributed by atoms with van der Waals surface area (Å²) in [5, 5.41) is 3.84. The van der Waals surface area contributed by atoms with Crippen LogP contribution in [0.15, 0.2) is 47.8 Å². The third-order valence-corrected chi connectivity index (χ3v) is 2.59. The number of carbonyl (C=O) groups excluding carboxylic acids is 1. The van der Waals surface area contributed by atoms with Crippen molar-refractivity contribution in [3.05, 3.63) is 65.5 Å². The molecule has 1 heterocycles. The number of rotatable bonds is 3. The normalized spacial score (nSPS) is 11.2. The molecule has 1 aromatic carbocycles. The smallest absolute Gasteiger partial charge is 0.267 e. The number of benzene rings is 1. The Morgan fingerprint density at radius 1 is 1.20 bits per heavy atom. The largest absolute Gasteiger partial charge is 0.272 e. The first-order chi connectivity index (χ1) is 9.58. The molecule has 0 radical (unpaired) electrons. The maximum Gasteiger partial charge on any atom is 0.272 e. The summed E-state index contributed by atoms with van der Waals surface area (Å²) in [5.74, 6) is -2.32. The Hall–Kier alpha value is -2.63. The number of hydrazone groups is 1. The Kier molecular flexibility index (Phi) is 4.14. The van der Waals surface area contributed by atoms with Crippen LogP contribution in [-0.4, -0.2) is 16.6 Å². The van der Waals surface area contributed by atoms with Gasteiger partial charge >= 0.3 is 0 Å². The number of nitrogens with zero attached hydrogens (tertiary/aromatic N) is 2. The van der Waals surface area contributed by atoms with Crippen molar-refractivity contribution in [3.8, 4) is 0 Å². The summed E-state index contributed by atoms with van der Waals surface area (Å²) in [4.78, 5) is 15.5. The molecule has 0 saturated carbocycles. The fourth-order valence-electron chi connectivity index (χ4n) is 1.48. The first kappa shape index (κ1) is 13.8. The van der Waals surface area contributed by atoms with Crippen LogP contribution in [0.2, 0.25) is 0 Å². The molecule has 0 atom stereocenters. The highest BCUT2D eigenvalue weighted by Gasteiger charge is 2.06. The SMILES string of the molecule is C/C(=N/NC(=O)c1cccnc1)c1ccc(F)c(F)c1. The van der Waals surface area contributed by atoms with E-state index in [0.717, 1.165) is 12.1 Å². The van der Waals surface area contributed by atoms with Gasteiger partial charge in [-0.15, -0.1) is 0 Å². The van der Waals surface area contributed by atoms with Crippen molar-refractivity contribution in [1.29, 1.82) is 0 Å². The van der Waals surface area contributed by atoms with E-state index in [0.29, 0.717) is 16.8 Å². The minimum absolute atomic E-state index is 0.356. The van der Waals surface area contributed by atoms with E-state index in [1.165, 1.54) is 12.3 Å². The number of hydrogen-bond acceptors (Lipinski definition) is 3. The molecule has 6 heteroatoms. The molecule has 20 heavy (non-hydrogen) atoms. The molecule has 0 aliphatic heterocycles. The number of nitrogens with one attached hydrogen (secondary N) is 1. The maximum absolute atomic E-state index is 13.1. The first-order valence-corrected chi connectivity index (χ1v) is 5.78. The van der Waals surface area contributed by atoms with E-state index in [2.05, 4.69) is 15.5 Å². The number of halogens is 2. The topological polar surface area (TPSA) is 54.4 Å². The van der Waals surface area contributed by atoms with Gasteiger partial charge in [0, 0.05) is 18.0 Å². The predicted octanol–water partition coefficient (Wildman–Crippen LogP) is 2.51. The second kappa shape index (κ2) is 6.01. The van der Waals surface area contributed by atoms with Crippen LogP contribution in [0.3, 0.4) is 0 Å². The summed E-state index contributed by atoms with van der Waals surface area (Å²) in [6.45, 7) is 1.58. The molecule has 0 spiro atoms. The van der Waals surface area contributed by atoms with Gasteiger partial charge in [-0.1, -0.05) is 0 Å². The van der Waals surface area contributed by atoms with E-state index in [1.807, 2.05) is 0 Å². The molecule has 2 rings (SSSR count). The fourth-order valence-corrected chi connectivity index (χ4v) is 1.48. The van der Waals surface area contributed by atoms with Crippen LogP contribution >= 0.6 is 0 Å².